The molecule has 104 valence electrons. The summed E-state index contributed by atoms with van der Waals surface area (Å²) in [5.74, 6) is 1.04. The highest BCUT2D eigenvalue weighted by Crippen LogP contribution is 2.18. The summed E-state index contributed by atoms with van der Waals surface area (Å²) < 4.78 is 5.64. The van der Waals surface area contributed by atoms with E-state index in [2.05, 4.69) is 47.6 Å². The molecule has 0 saturated heterocycles. The first kappa shape index (κ1) is 14.3. The first-order valence-corrected chi connectivity index (χ1v) is 7.54. The van der Waals surface area contributed by atoms with Gasteiger partial charge in [0, 0.05) is 29.6 Å². The highest BCUT2D eigenvalue weighted by molar-refractivity contribution is 7.09. The molecule has 19 heavy (non-hydrogen) atoms. The molecule has 2 rings (SSSR count). The number of hydrogen-bond acceptors (Lipinski definition) is 4. The molecule has 1 N–H and O–H groups in total. The van der Waals surface area contributed by atoms with Crippen LogP contribution in [-0.4, -0.2) is 18.0 Å². The van der Waals surface area contributed by atoms with E-state index in [9.17, 15) is 0 Å². The summed E-state index contributed by atoms with van der Waals surface area (Å²) in [6.07, 6.45) is 1.84. The Kier molecular flexibility index (Phi) is 5.19. The van der Waals surface area contributed by atoms with Gasteiger partial charge in [0.2, 0.25) is 0 Å². The van der Waals surface area contributed by atoms with Crippen LogP contribution in [0.2, 0.25) is 0 Å². The smallest absolute Gasteiger partial charge is 0.118 e. The largest absolute Gasteiger partial charge is 0.468 e. The second-order valence-corrected chi connectivity index (χ2v) is 6.06. The molecule has 0 bridgehead atoms. The van der Waals surface area contributed by atoms with Crippen LogP contribution in [-0.2, 0) is 19.6 Å². The quantitative estimate of drug-likeness (QED) is 0.840. The van der Waals surface area contributed by atoms with Gasteiger partial charge in [0.25, 0.3) is 0 Å². The maximum atomic E-state index is 5.64. The van der Waals surface area contributed by atoms with E-state index in [0.29, 0.717) is 6.04 Å². The first-order valence-electron chi connectivity index (χ1n) is 6.66. The van der Waals surface area contributed by atoms with Crippen molar-refractivity contribution in [3.05, 3.63) is 46.0 Å². The second-order valence-electron chi connectivity index (χ2n) is 5.03. The van der Waals surface area contributed by atoms with Crippen LogP contribution in [0.1, 0.15) is 30.0 Å². The van der Waals surface area contributed by atoms with Gasteiger partial charge in [-0.3, -0.25) is 4.90 Å². The van der Waals surface area contributed by atoms with Gasteiger partial charge in [-0.05, 0) is 38.4 Å². The molecule has 0 radical (unpaired) electrons. The van der Waals surface area contributed by atoms with Crippen LogP contribution in [0.4, 0.5) is 0 Å². The molecular formula is C15H22N2OS. The van der Waals surface area contributed by atoms with Gasteiger partial charge in [0.1, 0.15) is 5.76 Å². The molecule has 0 fully saturated rings. The van der Waals surface area contributed by atoms with Crippen molar-refractivity contribution in [1.82, 2.24) is 10.2 Å². The van der Waals surface area contributed by atoms with Crippen molar-refractivity contribution < 1.29 is 4.42 Å². The standard InChI is InChI=1S/C15H22N2OS/c1-12(2)17(10-15-5-4-6-19-15)9-14-7-13(8-16-3)11-18-14/h4-7,11-12,16H,8-10H2,1-3H3. The summed E-state index contributed by atoms with van der Waals surface area (Å²) >= 11 is 1.81. The maximum absolute atomic E-state index is 5.64. The lowest BCUT2D eigenvalue weighted by atomic mass is 10.2. The summed E-state index contributed by atoms with van der Waals surface area (Å²) in [6.45, 7) is 7.16. The lowest BCUT2D eigenvalue weighted by molar-refractivity contribution is 0.189. The van der Waals surface area contributed by atoms with E-state index in [0.717, 1.165) is 25.4 Å². The van der Waals surface area contributed by atoms with Crippen molar-refractivity contribution in [3.63, 3.8) is 0 Å². The molecule has 0 amide bonds. The van der Waals surface area contributed by atoms with Crippen LogP contribution in [0, 0.1) is 0 Å². The minimum atomic E-state index is 0.500. The number of rotatable bonds is 7. The van der Waals surface area contributed by atoms with Crippen molar-refractivity contribution in [3.8, 4) is 0 Å². The SMILES string of the molecule is CNCc1coc(CN(Cc2cccs2)C(C)C)c1. The highest BCUT2D eigenvalue weighted by atomic mass is 32.1. The van der Waals surface area contributed by atoms with E-state index in [1.54, 1.807) is 0 Å². The predicted octanol–water partition coefficient (Wildman–Crippen LogP) is 3.47. The van der Waals surface area contributed by atoms with E-state index in [4.69, 9.17) is 4.42 Å². The Hall–Kier alpha value is -1.10. The average Bonchev–Trinajstić information content (AvgIpc) is 3.01. The molecule has 0 saturated carbocycles. The number of nitrogens with one attached hydrogen (secondary N) is 1. The zero-order chi connectivity index (χ0) is 13.7. The summed E-state index contributed by atoms with van der Waals surface area (Å²) in [5, 5.41) is 5.27. The van der Waals surface area contributed by atoms with Crippen LogP contribution in [0.5, 0.6) is 0 Å². The van der Waals surface area contributed by atoms with Gasteiger partial charge in [0.05, 0.1) is 12.8 Å². The molecule has 2 heterocycles. The Morgan fingerprint density at radius 2 is 2.21 bits per heavy atom. The van der Waals surface area contributed by atoms with Crippen molar-refractivity contribution in [1.29, 1.82) is 0 Å². The molecule has 2 aromatic heterocycles. The fourth-order valence-electron chi connectivity index (χ4n) is 2.03. The second kappa shape index (κ2) is 6.89. The van der Waals surface area contributed by atoms with Crippen LogP contribution >= 0.6 is 11.3 Å². The monoisotopic (exact) mass is 278 g/mol. The zero-order valence-corrected chi connectivity index (χ0v) is 12.7. The lowest BCUT2D eigenvalue weighted by Gasteiger charge is -2.24. The third-order valence-corrected chi connectivity index (χ3v) is 3.98. The topological polar surface area (TPSA) is 28.4 Å². The number of furan rings is 1. The van der Waals surface area contributed by atoms with E-state index < -0.39 is 0 Å². The van der Waals surface area contributed by atoms with Crippen molar-refractivity contribution in [2.75, 3.05) is 7.05 Å². The summed E-state index contributed by atoms with van der Waals surface area (Å²) in [6, 6.07) is 6.94. The van der Waals surface area contributed by atoms with Gasteiger partial charge in [-0.15, -0.1) is 11.3 Å². The molecular weight excluding hydrogens is 256 g/mol. The van der Waals surface area contributed by atoms with Gasteiger partial charge in [-0.25, -0.2) is 0 Å². The van der Waals surface area contributed by atoms with E-state index in [1.807, 2.05) is 24.6 Å². The first-order chi connectivity index (χ1) is 9.19. The van der Waals surface area contributed by atoms with E-state index in [-0.39, 0.29) is 0 Å². The van der Waals surface area contributed by atoms with Crippen molar-refractivity contribution in [2.45, 2.75) is 39.5 Å². The Morgan fingerprint density at radius 1 is 1.37 bits per heavy atom. The Morgan fingerprint density at radius 3 is 2.84 bits per heavy atom. The molecule has 0 unspecified atom stereocenters. The van der Waals surface area contributed by atoms with E-state index >= 15 is 0 Å². The van der Waals surface area contributed by atoms with Gasteiger partial charge < -0.3 is 9.73 Å². The van der Waals surface area contributed by atoms with Crippen molar-refractivity contribution in [2.24, 2.45) is 0 Å². The minimum Gasteiger partial charge on any atom is -0.468 e. The van der Waals surface area contributed by atoms with Gasteiger partial charge in [-0.1, -0.05) is 6.07 Å². The molecule has 0 aliphatic rings. The summed E-state index contributed by atoms with van der Waals surface area (Å²) in [5.41, 5.74) is 1.21. The zero-order valence-electron chi connectivity index (χ0n) is 11.8. The number of hydrogen-bond donors (Lipinski definition) is 1. The highest BCUT2D eigenvalue weighted by Gasteiger charge is 2.13. The molecule has 0 aliphatic carbocycles. The average molecular weight is 278 g/mol. The normalized spacial score (nSPS) is 11.6. The third kappa shape index (κ3) is 4.20. The van der Waals surface area contributed by atoms with Crippen LogP contribution in [0.25, 0.3) is 0 Å². The van der Waals surface area contributed by atoms with E-state index in [1.165, 1.54) is 10.4 Å². The predicted molar refractivity (Wildman–Crippen MR) is 80.2 cm³/mol. The summed E-state index contributed by atoms with van der Waals surface area (Å²) in [7, 11) is 1.95. The van der Waals surface area contributed by atoms with Gasteiger partial charge >= 0.3 is 0 Å². The maximum Gasteiger partial charge on any atom is 0.118 e. The number of thiophene rings is 1. The Labute approximate surface area is 119 Å². The third-order valence-electron chi connectivity index (χ3n) is 3.12. The molecule has 4 heteroatoms. The molecule has 0 spiro atoms. The Balaban J connectivity index is 1.99. The van der Waals surface area contributed by atoms with Crippen molar-refractivity contribution >= 4 is 11.3 Å². The molecule has 3 nitrogen and oxygen atoms in total. The number of nitrogens with zero attached hydrogens (tertiary/aromatic N) is 1. The molecule has 0 aromatic carbocycles. The van der Waals surface area contributed by atoms with Crippen LogP contribution < -0.4 is 5.32 Å². The lowest BCUT2D eigenvalue weighted by Crippen LogP contribution is -2.29. The fraction of sp³-hybridized carbons (Fsp3) is 0.467. The van der Waals surface area contributed by atoms with Crippen LogP contribution in [0.3, 0.4) is 0 Å². The van der Waals surface area contributed by atoms with Gasteiger partial charge in [-0.2, -0.15) is 0 Å². The summed E-state index contributed by atoms with van der Waals surface area (Å²) in [4.78, 5) is 3.82. The molecule has 0 atom stereocenters. The van der Waals surface area contributed by atoms with Crippen LogP contribution in [0.15, 0.2) is 34.3 Å². The Bertz CT molecular complexity index is 476. The molecule has 0 aliphatic heterocycles. The molecule has 2 aromatic rings. The minimum absolute atomic E-state index is 0.500. The van der Waals surface area contributed by atoms with Gasteiger partial charge in [0.15, 0.2) is 0 Å². The fourth-order valence-corrected chi connectivity index (χ4v) is 2.76.